The second-order valence-corrected chi connectivity index (χ2v) is 5.23. The van der Waals surface area contributed by atoms with E-state index in [1.807, 2.05) is 7.05 Å². The SMILES string of the molecule is CCN1CCCCC1CNC(=NC)NC(C)COC. The fraction of sp³-hybridized carbons (Fsp3) is 0.929. The zero-order chi connectivity index (χ0) is 14.1. The number of guanidine groups is 1. The van der Waals surface area contributed by atoms with Crippen molar-refractivity contribution in [1.82, 2.24) is 15.5 Å². The molecule has 2 unspecified atom stereocenters. The summed E-state index contributed by atoms with van der Waals surface area (Å²) in [5.41, 5.74) is 0. The van der Waals surface area contributed by atoms with Crippen molar-refractivity contribution in [2.75, 3.05) is 40.4 Å². The van der Waals surface area contributed by atoms with Gasteiger partial charge in [-0.05, 0) is 32.9 Å². The highest BCUT2D eigenvalue weighted by molar-refractivity contribution is 5.79. The normalized spacial score (nSPS) is 23.2. The number of methoxy groups -OCH3 is 1. The van der Waals surface area contributed by atoms with Crippen LogP contribution in [-0.4, -0.2) is 63.3 Å². The van der Waals surface area contributed by atoms with E-state index in [-0.39, 0.29) is 6.04 Å². The quantitative estimate of drug-likeness (QED) is 0.560. The average molecular weight is 270 g/mol. The van der Waals surface area contributed by atoms with Gasteiger partial charge in [-0.2, -0.15) is 0 Å². The number of piperidine rings is 1. The lowest BCUT2D eigenvalue weighted by molar-refractivity contribution is 0.157. The zero-order valence-electron chi connectivity index (χ0n) is 12.9. The van der Waals surface area contributed by atoms with Crippen molar-refractivity contribution < 1.29 is 4.74 Å². The van der Waals surface area contributed by atoms with Crippen LogP contribution in [0.3, 0.4) is 0 Å². The van der Waals surface area contributed by atoms with Crippen molar-refractivity contribution in [3.05, 3.63) is 0 Å². The summed E-state index contributed by atoms with van der Waals surface area (Å²) in [5.74, 6) is 0.867. The maximum absolute atomic E-state index is 5.12. The maximum atomic E-state index is 5.12. The third-order valence-corrected chi connectivity index (χ3v) is 3.68. The minimum absolute atomic E-state index is 0.268. The number of ether oxygens (including phenoxy) is 1. The highest BCUT2D eigenvalue weighted by Gasteiger charge is 2.20. The Kier molecular flexibility index (Phi) is 7.82. The second-order valence-electron chi connectivity index (χ2n) is 5.23. The lowest BCUT2D eigenvalue weighted by Crippen LogP contribution is -2.50. The van der Waals surface area contributed by atoms with Crippen molar-refractivity contribution in [2.24, 2.45) is 4.99 Å². The van der Waals surface area contributed by atoms with Crippen LogP contribution in [0.2, 0.25) is 0 Å². The smallest absolute Gasteiger partial charge is 0.191 e. The molecule has 1 aliphatic rings. The Bertz CT molecular complexity index is 270. The van der Waals surface area contributed by atoms with Gasteiger partial charge in [0, 0.05) is 32.8 Å². The molecule has 0 saturated carbocycles. The van der Waals surface area contributed by atoms with E-state index in [9.17, 15) is 0 Å². The van der Waals surface area contributed by atoms with Crippen LogP contribution < -0.4 is 10.6 Å². The van der Waals surface area contributed by atoms with E-state index in [4.69, 9.17) is 4.74 Å². The summed E-state index contributed by atoms with van der Waals surface area (Å²) in [5, 5.41) is 6.77. The van der Waals surface area contributed by atoms with Crippen molar-refractivity contribution in [3.63, 3.8) is 0 Å². The van der Waals surface area contributed by atoms with Gasteiger partial charge in [-0.15, -0.1) is 0 Å². The van der Waals surface area contributed by atoms with Crippen LogP contribution in [0.4, 0.5) is 0 Å². The van der Waals surface area contributed by atoms with Crippen LogP contribution in [0, 0.1) is 0 Å². The first-order valence-corrected chi connectivity index (χ1v) is 7.41. The molecule has 1 fully saturated rings. The van der Waals surface area contributed by atoms with Gasteiger partial charge in [-0.1, -0.05) is 13.3 Å². The maximum Gasteiger partial charge on any atom is 0.191 e. The zero-order valence-corrected chi connectivity index (χ0v) is 12.9. The van der Waals surface area contributed by atoms with Gasteiger partial charge in [0.1, 0.15) is 0 Å². The number of likely N-dealkylation sites (tertiary alicyclic amines) is 1. The number of likely N-dealkylation sites (N-methyl/N-ethyl adjacent to an activating group) is 1. The Balaban J connectivity index is 2.35. The Morgan fingerprint density at radius 2 is 2.26 bits per heavy atom. The molecule has 0 bridgehead atoms. The van der Waals surface area contributed by atoms with E-state index in [0.29, 0.717) is 12.6 Å². The summed E-state index contributed by atoms with van der Waals surface area (Å²) >= 11 is 0. The molecular weight excluding hydrogens is 240 g/mol. The van der Waals surface area contributed by atoms with Gasteiger partial charge in [0.15, 0.2) is 5.96 Å². The molecule has 0 aliphatic carbocycles. The predicted octanol–water partition coefficient (Wildman–Crippen LogP) is 1.06. The number of rotatable bonds is 6. The largest absolute Gasteiger partial charge is 0.383 e. The first kappa shape index (κ1) is 16.2. The molecule has 0 radical (unpaired) electrons. The van der Waals surface area contributed by atoms with Gasteiger partial charge in [0.2, 0.25) is 0 Å². The fourth-order valence-corrected chi connectivity index (χ4v) is 2.64. The Hall–Kier alpha value is -0.810. The van der Waals surface area contributed by atoms with E-state index < -0.39 is 0 Å². The van der Waals surface area contributed by atoms with Gasteiger partial charge in [-0.25, -0.2) is 0 Å². The first-order valence-electron chi connectivity index (χ1n) is 7.41. The summed E-state index contributed by atoms with van der Waals surface area (Å²) in [6.07, 6.45) is 3.96. The topological polar surface area (TPSA) is 48.9 Å². The molecule has 0 aromatic carbocycles. The van der Waals surface area contributed by atoms with Crippen LogP contribution in [-0.2, 0) is 4.74 Å². The predicted molar refractivity (Wildman–Crippen MR) is 80.7 cm³/mol. The van der Waals surface area contributed by atoms with E-state index in [2.05, 4.69) is 34.4 Å². The van der Waals surface area contributed by atoms with E-state index in [1.54, 1.807) is 7.11 Å². The standard InChI is InChI=1S/C14H30N4O/c1-5-18-9-7-6-8-13(18)10-16-14(15-3)17-12(2)11-19-4/h12-13H,5-11H2,1-4H3,(H2,15,16,17). The summed E-state index contributed by atoms with van der Waals surface area (Å²) in [6.45, 7) is 8.35. The van der Waals surface area contributed by atoms with Gasteiger partial charge in [-0.3, -0.25) is 9.89 Å². The third-order valence-electron chi connectivity index (χ3n) is 3.68. The molecule has 1 saturated heterocycles. The molecule has 1 rings (SSSR count). The molecule has 0 spiro atoms. The molecule has 0 amide bonds. The number of hydrogen-bond acceptors (Lipinski definition) is 3. The van der Waals surface area contributed by atoms with E-state index in [0.717, 1.165) is 19.0 Å². The molecule has 19 heavy (non-hydrogen) atoms. The van der Waals surface area contributed by atoms with Crippen molar-refractivity contribution in [3.8, 4) is 0 Å². The Labute approximate surface area is 117 Å². The second kappa shape index (κ2) is 9.15. The lowest BCUT2D eigenvalue weighted by atomic mass is 10.0. The number of hydrogen-bond donors (Lipinski definition) is 2. The van der Waals surface area contributed by atoms with Gasteiger partial charge in [0.05, 0.1) is 6.61 Å². The molecular formula is C14H30N4O. The minimum Gasteiger partial charge on any atom is -0.383 e. The van der Waals surface area contributed by atoms with Crippen LogP contribution >= 0.6 is 0 Å². The Morgan fingerprint density at radius 3 is 2.89 bits per heavy atom. The minimum atomic E-state index is 0.268. The van der Waals surface area contributed by atoms with E-state index in [1.165, 1.54) is 25.8 Å². The molecule has 2 atom stereocenters. The van der Waals surface area contributed by atoms with Gasteiger partial charge >= 0.3 is 0 Å². The third kappa shape index (κ3) is 5.78. The fourth-order valence-electron chi connectivity index (χ4n) is 2.64. The molecule has 0 aromatic rings. The van der Waals surface area contributed by atoms with Crippen LogP contribution in [0.5, 0.6) is 0 Å². The van der Waals surface area contributed by atoms with Crippen LogP contribution in [0.25, 0.3) is 0 Å². The molecule has 1 aliphatic heterocycles. The highest BCUT2D eigenvalue weighted by atomic mass is 16.5. The molecule has 1 heterocycles. The molecule has 5 nitrogen and oxygen atoms in total. The molecule has 5 heteroatoms. The first-order chi connectivity index (χ1) is 9.21. The summed E-state index contributed by atoms with van der Waals surface area (Å²) < 4.78 is 5.12. The van der Waals surface area contributed by atoms with Gasteiger partial charge in [0.25, 0.3) is 0 Å². The lowest BCUT2D eigenvalue weighted by Gasteiger charge is -2.35. The van der Waals surface area contributed by atoms with Crippen molar-refractivity contribution in [2.45, 2.75) is 45.2 Å². The van der Waals surface area contributed by atoms with Crippen LogP contribution in [0.15, 0.2) is 4.99 Å². The monoisotopic (exact) mass is 270 g/mol. The van der Waals surface area contributed by atoms with Crippen molar-refractivity contribution >= 4 is 5.96 Å². The van der Waals surface area contributed by atoms with Gasteiger partial charge < -0.3 is 15.4 Å². The molecule has 112 valence electrons. The summed E-state index contributed by atoms with van der Waals surface area (Å²) in [7, 11) is 3.53. The van der Waals surface area contributed by atoms with Crippen molar-refractivity contribution in [1.29, 1.82) is 0 Å². The molecule has 2 N–H and O–H groups in total. The number of aliphatic imine (C=N–C) groups is 1. The Morgan fingerprint density at radius 1 is 1.47 bits per heavy atom. The summed E-state index contributed by atoms with van der Waals surface area (Å²) in [6, 6.07) is 0.903. The molecule has 0 aromatic heterocycles. The summed E-state index contributed by atoms with van der Waals surface area (Å²) in [4.78, 5) is 6.82. The average Bonchev–Trinajstić information content (AvgIpc) is 2.44. The number of nitrogens with zero attached hydrogens (tertiary/aromatic N) is 2. The van der Waals surface area contributed by atoms with Crippen LogP contribution in [0.1, 0.15) is 33.1 Å². The van der Waals surface area contributed by atoms with E-state index >= 15 is 0 Å². The number of nitrogens with one attached hydrogen (secondary N) is 2. The highest BCUT2D eigenvalue weighted by Crippen LogP contribution is 2.15.